The number of imide groups is 1. The second-order valence-corrected chi connectivity index (χ2v) is 6.35. The highest BCUT2D eigenvalue weighted by molar-refractivity contribution is 6.02. The van der Waals surface area contributed by atoms with Gasteiger partial charge >= 0.3 is 5.97 Å². The highest BCUT2D eigenvalue weighted by Crippen LogP contribution is 2.19. The van der Waals surface area contributed by atoms with Crippen LogP contribution in [0.5, 0.6) is 0 Å². The first kappa shape index (κ1) is 20.0. The van der Waals surface area contributed by atoms with Crippen molar-refractivity contribution in [1.82, 2.24) is 10.2 Å². The molecule has 0 aliphatic carbocycles. The zero-order valence-corrected chi connectivity index (χ0v) is 14.7. The monoisotopic (exact) mass is 362 g/mol. The molecule has 26 heavy (non-hydrogen) atoms. The Kier molecular flexibility index (Phi) is 7.26. The fraction of sp³-hybridized carbons (Fsp3) is 0.500. The summed E-state index contributed by atoms with van der Waals surface area (Å²) in [5.74, 6) is -2.45. The van der Waals surface area contributed by atoms with Gasteiger partial charge in [-0.25, -0.2) is 4.79 Å². The van der Waals surface area contributed by atoms with E-state index in [0.29, 0.717) is 32.4 Å². The zero-order valence-electron chi connectivity index (χ0n) is 14.7. The third-order valence-corrected chi connectivity index (χ3v) is 4.59. The molecular weight excluding hydrogens is 336 g/mol. The number of nitrogens with two attached hydrogens (primary N) is 2. The third kappa shape index (κ3) is 4.66. The summed E-state index contributed by atoms with van der Waals surface area (Å²) < 4.78 is 0. The van der Waals surface area contributed by atoms with Crippen LogP contribution in [0.25, 0.3) is 0 Å². The van der Waals surface area contributed by atoms with E-state index < -0.39 is 36.4 Å². The highest BCUT2D eigenvalue weighted by atomic mass is 16.4. The summed E-state index contributed by atoms with van der Waals surface area (Å²) in [5, 5.41) is 12.7. The Morgan fingerprint density at radius 1 is 1.19 bits per heavy atom. The van der Waals surface area contributed by atoms with Crippen molar-refractivity contribution in [2.45, 2.75) is 44.3 Å². The van der Waals surface area contributed by atoms with E-state index >= 15 is 0 Å². The lowest BCUT2D eigenvalue weighted by molar-refractivity contribution is -0.159. The maximum Gasteiger partial charge on any atom is 0.326 e. The summed E-state index contributed by atoms with van der Waals surface area (Å²) in [4.78, 5) is 37.8. The standard InChI is InChI=1S/C18H26N4O4/c19-8-4-3-7-15(18(25)26)22(16(23)10-20)17(24)14-9-12-5-1-2-6-13(12)11-21-14/h1-2,5-6,14-15,21H,3-4,7-11,19-20H2,(H,25,26)/t14-,15-/m0/s1. The van der Waals surface area contributed by atoms with Crippen molar-refractivity contribution in [1.29, 1.82) is 0 Å². The number of amides is 2. The molecule has 0 bridgehead atoms. The molecule has 0 spiro atoms. The first-order chi connectivity index (χ1) is 12.5. The van der Waals surface area contributed by atoms with E-state index in [1.165, 1.54) is 0 Å². The molecule has 1 heterocycles. The molecule has 0 fully saturated rings. The predicted molar refractivity (Wildman–Crippen MR) is 96.0 cm³/mol. The molecule has 2 rings (SSSR count). The lowest BCUT2D eigenvalue weighted by atomic mass is 9.94. The van der Waals surface area contributed by atoms with Crippen molar-refractivity contribution in [2.24, 2.45) is 11.5 Å². The number of carboxylic acid groups (broad SMARTS) is 1. The molecule has 1 aliphatic rings. The van der Waals surface area contributed by atoms with Crippen LogP contribution in [0, 0.1) is 0 Å². The SMILES string of the molecule is NCCCC[C@@H](C(=O)O)N(C(=O)CN)C(=O)[C@@H]1Cc2ccccc2CN1. The van der Waals surface area contributed by atoms with Gasteiger partial charge < -0.3 is 21.9 Å². The van der Waals surface area contributed by atoms with Crippen LogP contribution in [0.2, 0.25) is 0 Å². The van der Waals surface area contributed by atoms with Gasteiger partial charge in [-0.15, -0.1) is 0 Å². The van der Waals surface area contributed by atoms with Gasteiger partial charge in [-0.2, -0.15) is 0 Å². The molecule has 0 unspecified atom stereocenters. The minimum Gasteiger partial charge on any atom is -0.480 e. The minimum absolute atomic E-state index is 0.160. The molecule has 8 heteroatoms. The molecule has 2 atom stereocenters. The van der Waals surface area contributed by atoms with Crippen LogP contribution in [-0.2, 0) is 27.3 Å². The van der Waals surface area contributed by atoms with E-state index in [9.17, 15) is 19.5 Å². The summed E-state index contributed by atoms with van der Waals surface area (Å²) >= 11 is 0. The Balaban J connectivity index is 2.21. The average Bonchev–Trinajstić information content (AvgIpc) is 2.66. The number of fused-ring (bicyclic) bond motifs is 1. The van der Waals surface area contributed by atoms with Crippen LogP contribution < -0.4 is 16.8 Å². The second-order valence-electron chi connectivity index (χ2n) is 6.35. The molecule has 0 aromatic heterocycles. The van der Waals surface area contributed by atoms with Gasteiger partial charge in [0.1, 0.15) is 6.04 Å². The van der Waals surface area contributed by atoms with E-state index in [0.717, 1.165) is 16.0 Å². The molecule has 142 valence electrons. The Bertz CT molecular complexity index is 664. The van der Waals surface area contributed by atoms with Crippen molar-refractivity contribution < 1.29 is 19.5 Å². The summed E-state index contributed by atoms with van der Waals surface area (Å²) in [6.45, 7) is 0.490. The van der Waals surface area contributed by atoms with Crippen LogP contribution in [-0.4, -0.2) is 53.0 Å². The number of benzene rings is 1. The molecule has 0 saturated carbocycles. The summed E-state index contributed by atoms with van der Waals surface area (Å²) in [6, 6.07) is 5.83. The molecular formula is C18H26N4O4. The molecule has 0 radical (unpaired) electrons. The molecule has 1 aromatic carbocycles. The van der Waals surface area contributed by atoms with Crippen molar-refractivity contribution in [3.05, 3.63) is 35.4 Å². The van der Waals surface area contributed by atoms with Crippen LogP contribution in [0.4, 0.5) is 0 Å². The van der Waals surface area contributed by atoms with Crippen LogP contribution in [0.15, 0.2) is 24.3 Å². The number of hydrogen-bond acceptors (Lipinski definition) is 6. The Morgan fingerprint density at radius 3 is 2.50 bits per heavy atom. The molecule has 6 N–H and O–H groups in total. The Hall–Kier alpha value is -2.29. The molecule has 1 aromatic rings. The smallest absolute Gasteiger partial charge is 0.326 e. The molecule has 8 nitrogen and oxygen atoms in total. The van der Waals surface area contributed by atoms with E-state index in [1.54, 1.807) is 0 Å². The molecule has 2 amide bonds. The number of hydrogen-bond donors (Lipinski definition) is 4. The molecule has 1 aliphatic heterocycles. The van der Waals surface area contributed by atoms with Crippen LogP contribution in [0.1, 0.15) is 30.4 Å². The summed E-state index contributed by atoms with van der Waals surface area (Å²) in [6.07, 6.45) is 1.69. The number of carboxylic acids is 1. The van der Waals surface area contributed by atoms with E-state index in [-0.39, 0.29) is 6.42 Å². The van der Waals surface area contributed by atoms with Crippen LogP contribution >= 0.6 is 0 Å². The largest absolute Gasteiger partial charge is 0.480 e. The van der Waals surface area contributed by atoms with Gasteiger partial charge in [0.2, 0.25) is 11.8 Å². The predicted octanol–water partition coefficient (Wildman–Crippen LogP) is -0.403. The van der Waals surface area contributed by atoms with E-state index in [1.807, 2.05) is 24.3 Å². The second kappa shape index (κ2) is 9.42. The number of carbonyl (C=O) groups excluding carboxylic acids is 2. The maximum atomic E-state index is 13.0. The lowest BCUT2D eigenvalue weighted by Crippen LogP contribution is -2.57. The maximum absolute atomic E-state index is 13.0. The number of nitrogens with zero attached hydrogens (tertiary/aromatic N) is 1. The Morgan fingerprint density at radius 2 is 1.88 bits per heavy atom. The van der Waals surface area contributed by atoms with Gasteiger partial charge in [-0.1, -0.05) is 24.3 Å². The van der Waals surface area contributed by atoms with Gasteiger partial charge in [-0.3, -0.25) is 14.5 Å². The first-order valence-corrected chi connectivity index (χ1v) is 8.78. The quantitative estimate of drug-likeness (QED) is 0.461. The van der Waals surface area contributed by atoms with Crippen LogP contribution in [0.3, 0.4) is 0 Å². The van der Waals surface area contributed by atoms with Crippen molar-refractivity contribution >= 4 is 17.8 Å². The number of aliphatic carboxylic acids is 1. The summed E-state index contributed by atoms with van der Waals surface area (Å²) in [7, 11) is 0. The van der Waals surface area contributed by atoms with Crippen molar-refractivity contribution in [2.75, 3.05) is 13.1 Å². The van der Waals surface area contributed by atoms with E-state index in [2.05, 4.69) is 5.32 Å². The van der Waals surface area contributed by atoms with E-state index in [4.69, 9.17) is 11.5 Å². The van der Waals surface area contributed by atoms with Crippen molar-refractivity contribution in [3.8, 4) is 0 Å². The fourth-order valence-electron chi connectivity index (χ4n) is 3.19. The normalized spacial score (nSPS) is 17.2. The van der Waals surface area contributed by atoms with Gasteiger partial charge in [-0.05, 0) is 43.4 Å². The third-order valence-electron chi connectivity index (χ3n) is 4.59. The lowest BCUT2D eigenvalue weighted by Gasteiger charge is -2.33. The number of nitrogens with one attached hydrogen (secondary N) is 1. The summed E-state index contributed by atoms with van der Waals surface area (Å²) in [5.41, 5.74) is 13.0. The number of carbonyl (C=O) groups is 3. The molecule has 0 saturated heterocycles. The first-order valence-electron chi connectivity index (χ1n) is 8.78. The zero-order chi connectivity index (χ0) is 19.1. The minimum atomic E-state index is -1.23. The number of unbranched alkanes of at least 4 members (excludes halogenated alkanes) is 1. The van der Waals surface area contributed by atoms with Crippen molar-refractivity contribution in [3.63, 3.8) is 0 Å². The average molecular weight is 362 g/mol. The van der Waals surface area contributed by atoms with Gasteiger partial charge in [0.15, 0.2) is 0 Å². The Labute approximate surface area is 152 Å². The van der Waals surface area contributed by atoms with Gasteiger partial charge in [0, 0.05) is 6.54 Å². The fourth-order valence-corrected chi connectivity index (χ4v) is 3.19. The van der Waals surface area contributed by atoms with Gasteiger partial charge in [0.25, 0.3) is 0 Å². The highest BCUT2D eigenvalue weighted by Gasteiger charge is 2.38. The number of rotatable bonds is 8. The topological polar surface area (TPSA) is 139 Å². The van der Waals surface area contributed by atoms with Gasteiger partial charge in [0.05, 0.1) is 12.6 Å².